The van der Waals surface area contributed by atoms with Crippen LogP contribution in [0.3, 0.4) is 0 Å². The Morgan fingerprint density at radius 2 is 2.21 bits per heavy atom. The van der Waals surface area contributed by atoms with Crippen molar-refractivity contribution in [1.82, 2.24) is 15.0 Å². The lowest BCUT2D eigenvalue weighted by molar-refractivity contribution is 0.0586. The van der Waals surface area contributed by atoms with Crippen LogP contribution in [0.25, 0.3) is 21.9 Å². The van der Waals surface area contributed by atoms with Crippen LogP contribution < -0.4 is 0 Å². The van der Waals surface area contributed by atoms with Gasteiger partial charge in [0.25, 0.3) is 0 Å². The SMILES string of the molecule is COC(=O)c1nc(O)c2[nH]c3ccc(Br)cc3c2n1. The van der Waals surface area contributed by atoms with Gasteiger partial charge in [0.2, 0.25) is 11.7 Å². The molecule has 2 aromatic heterocycles. The van der Waals surface area contributed by atoms with Gasteiger partial charge >= 0.3 is 5.97 Å². The largest absolute Gasteiger partial charge is 0.492 e. The molecule has 96 valence electrons. The topological polar surface area (TPSA) is 88.1 Å². The third-order valence-corrected chi connectivity index (χ3v) is 3.25. The number of aromatic nitrogens is 3. The molecule has 0 amide bonds. The number of benzene rings is 1. The van der Waals surface area contributed by atoms with Crippen LogP contribution in [0.5, 0.6) is 5.88 Å². The Hall–Kier alpha value is -2.15. The number of hydrogen-bond acceptors (Lipinski definition) is 5. The van der Waals surface area contributed by atoms with Gasteiger partial charge in [0.15, 0.2) is 0 Å². The van der Waals surface area contributed by atoms with E-state index in [4.69, 9.17) is 0 Å². The summed E-state index contributed by atoms with van der Waals surface area (Å²) in [6.07, 6.45) is 0. The number of halogens is 1. The van der Waals surface area contributed by atoms with E-state index in [0.717, 1.165) is 15.4 Å². The minimum atomic E-state index is -0.693. The first-order valence-electron chi connectivity index (χ1n) is 5.36. The zero-order chi connectivity index (χ0) is 13.6. The maximum atomic E-state index is 11.5. The van der Waals surface area contributed by atoms with E-state index in [1.54, 1.807) is 0 Å². The molecule has 0 aliphatic heterocycles. The highest BCUT2D eigenvalue weighted by Gasteiger charge is 2.17. The lowest BCUT2D eigenvalue weighted by atomic mass is 10.2. The minimum absolute atomic E-state index is 0.173. The summed E-state index contributed by atoms with van der Waals surface area (Å²) in [5.74, 6) is -1.15. The highest BCUT2D eigenvalue weighted by molar-refractivity contribution is 9.10. The molecule has 2 N–H and O–H groups in total. The van der Waals surface area contributed by atoms with Gasteiger partial charge in [0.1, 0.15) is 11.0 Å². The molecule has 6 nitrogen and oxygen atoms in total. The Balaban J connectivity index is 2.41. The second-order valence-electron chi connectivity index (χ2n) is 3.90. The number of methoxy groups -OCH3 is 1. The molecule has 0 fully saturated rings. The molecule has 0 spiro atoms. The number of hydrogen-bond donors (Lipinski definition) is 2. The number of aromatic hydroxyl groups is 1. The van der Waals surface area contributed by atoms with Crippen LogP contribution in [0.15, 0.2) is 22.7 Å². The van der Waals surface area contributed by atoms with Crippen LogP contribution in [0.1, 0.15) is 10.6 Å². The number of ether oxygens (including phenoxy) is 1. The van der Waals surface area contributed by atoms with Gasteiger partial charge in [0, 0.05) is 15.4 Å². The summed E-state index contributed by atoms with van der Waals surface area (Å²) in [7, 11) is 1.23. The molecule has 0 radical (unpaired) electrons. The van der Waals surface area contributed by atoms with Crippen molar-refractivity contribution in [2.75, 3.05) is 7.11 Å². The molecule has 0 atom stereocenters. The predicted octanol–water partition coefficient (Wildman–Crippen LogP) is 2.37. The second-order valence-corrected chi connectivity index (χ2v) is 4.82. The van der Waals surface area contributed by atoms with Gasteiger partial charge in [-0.15, -0.1) is 0 Å². The van der Waals surface area contributed by atoms with E-state index in [0.29, 0.717) is 11.0 Å². The van der Waals surface area contributed by atoms with E-state index in [1.807, 2.05) is 18.2 Å². The molecule has 0 saturated carbocycles. The van der Waals surface area contributed by atoms with Crippen molar-refractivity contribution in [3.05, 3.63) is 28.5 Å². The van der Waals surface area contributed by atoms with Crippen molar-refractivity contribution in [3.63, 3.8) is 0 Å². The number of aromatic amines is 1. The Bertz CT molecular complexity index is 813. The van der Waals surface area contributed by atoms with E-state index in [9.17, 15) is 9.90 Å². The molecular weight excluding hydrogens is 314 g/mol. The number of H-pyrrole nitrogens is 1. The lowest BCUT2D eigenvalue weighted by Gasteiger charge is -1.99. The fourth-order valence-corrected chi connectivity index (χ4v) is 2.26. The van der Waals surface area contributed by atoms with E-state index in [-0.39, 0.29) is 11.7 Å². The number of carbonyl (C=O) groups excluding carboxylic acids is 1. The summed E-state index contributed by atoms with van der Waals surface area (Å²) >= 11 is 3.37. The zero-order valence-corrected chi connectivity index (χ0v) is 11.4. The number of esters is 1. The third kappa shape index (κ3) is 1.82. The predicted molar refractivity (Wildman–Crippen MR) is 72.1 cm³/mol. The summed E-state index contributed by atoms with van der Waals surface area (Å²) < 4.78 is 5.43. The third-order valence-electron chi connectivity index (χ3n) is 2.75. The maximum Gasteiger partial charge on any atom is 0.376 e. The monoisotopic (exact) mass is 321 g/mol. The van der Waals surface area contributed by atoms with Gasteiger partial charge < -0.3 is 14.8 Å². The number of rotatable bonds is 1. The highest BCUT2D eigenvalue weighted by Crippen LogP contribution is 2.30. The molecule has 0 aliphatic carbocycles. The first-order chi connectivity index (χ1) is 9.10. The summed E-state index contributed by atoms with van der Waals surface area (Å²) in [4.78, 5) is 22.3. The van der Waals surface area contributed by atoms with Crippen LogP contribution in [0.2, 0.25) is 0 Å². The van der Waals surface area contributed by atoms with Crippen LogP contribution in [0, 0.1) is 0 Å². The van der Waals surface area contributed by atoms with Gasteiger partial charge in [-0.1, -0.05) is 15.9 Å². The zero-order valence-electron chi connectivity index (χ0n) is 9.77. The lowest BCUT2D eigenvalue weighted by Crippen LogP contribution is -2.07. The molecule has 19 heavy (non-hydrogen) atoms. The quantitative estimate of drug-likeness (QED) is 0.672. The number of carbonyl (C=O) groups is 1. The second kappa shape index (κ2) is 4.20. The Kier molecular flexibility index (Phi) is 2.63. The van der Waals surface area contributed by atoms with Crippen molar-refractivity contribution in [3.8, 4) is 5.88 Å². The van der Waals surface area contributed by atoms with Gasteiger partial charge in [-0.25, -0.2) is 9.78 Å². The number of fused-ring (bicyclic) bond motifs is 3. The standard InChI is InChI=1S/C12H8BrN3O3/c1-19-12(18)10-15-8-6-4-5(13)2-3-7(6)14-9(8)11(17)16-10/h2-4,14H,1H3,(H,15,16,17). The van der Waals surface area contributed by atoms with E-state index >= 15 is 0 Å². The molecule has 2 heterocycles. The molecule has 3 aromatic rings. The van der Waals surface area contributed by atoms with E-state index < -0.39 is 5.97 Å². The summed E-state index contributed by atoms with van der Waals surface area (Å²) in [5.41, 5.74) is 1.66. The Morgan fingerprint density at radius 3 is 2.95 bits per heavy atom. The fraction of sp³-hybridized carbons (Fsp3) is 0.0833. The molecular formula is C12H8BrN3O3. The van der Waals surface area contributed by atoms with Crippen LogP contribution in [0.4, 0.5) is 0 Å². The average molecular weight is 322 g/mol. The molecule has 0 aliphatic rings. The molecule has 0 saturated heterocycles. The highest BCUT2D eigenvalue weighted by atomic mass is 79.9. The van der Waals surface area contributed by atoms with Crippen molar-refractivity contribution in [2.45, 2.75) is 0 Å². The van der Waals surface area contributed by atoms with Gasteiger partial charge in [-0.3, -0.25) is 0 Å². The van der Waals surface area contributed by atoms with Crippen molar-refractivity contribution >= 4 is 43.8 Å². The first kappa shape index (κ1) is 11.9. The van der Waals surface area contributed by atoms with Gasteiger partial charge in [0.05, 0.1) is 7.11 Å². The normalized spacial score (nSPS) is 11.1. The summed E-state index contributed by atoms with van der Waals surface area (Å²) in [5, 5.41) is 10.6. The van der Waals surface area contributed by atoms with Crippen LogP contribution in [-0.4, -0.2) is 33.1 Å². The van der Waals surface area contributed by atoms with Crippen LogP contribution in [-0.2, 0) is 4.74 Å². The summed E-state index contributed by atoms with van der Waals surface area (Å²) in [6, 6.07) is 5.56. The molecule has 3 rings (SSSR count). The molecule has 0 unspecified atom stereocenters. The molecule has 7 heteroatoms. The molecule has 0 bridgehead atoms. The van der Waals surface area contributed by atoms with Crippen molar-refractivity contribution in [2.24, 2.45) is 0 Å². The molecule has 1 aromatic carbocycles. The minimum Gasteiger partial charge on any atom is -0.492 e. The summed E-state index contributed by atoms with van der Waals surface area (Å²) in [6.45, 7) is 0. The van der Waals surface area contributed by atoms with Gasteiger partial charge in [-0.05, 0) is 18.2 Å². The Morgan fingerprint density at radius 1 is 1.42 bits per heavy atom. The maximum absolute atomic E-state index is 11.5. The van der Waals surface area contributed by atoms with Crippen molar-refractivity contribution in [1.29, 1.82) is 0 Å². The Labute approximate surface area is 115 Å². The van der Waals surface area contributed by atoms with Crippen LogP contribution >= 0.6 is 15.9 Å². The van der Waals surface area contributed by atoms with Crippen molar-refractivity contribution < 1.29 is 14.6 Å². The smallest absolute Gasteiger partial charge is 0.376 e. The average Bonchev–Trinajstić information content (AvgIpc) is 2.76. The fourth-order valence-electron chi connectivity index (χ4n) is 1.90. The first-order valence-corrected chi connectivity index (χ1v) is 6.15. The number of nitrogens with zero attached hydrogens (tertiary/aromatic N) is 2. The van der Waals surface area contributed by atoms with Gasteiger partial charge in [-0.2, -0.15) is 4.98 Å². The number of nitrogens with one attached hydrogen (secondary N) is 1. The van der Waals surface area contributed by atoms with E-state index in [1.165, 1.54) is 7.11 Å². The van der Waals surface area contributed by atoms with E-state index in [2.05, 4.69) is 35.6 Å².